The van der Waals surface area contributed by atoms with Gasteiger partial charge in [0.05, 0.1) is 22.6 Å². The third-order valence-corrected chi connectivity index (χ3v) is 3.31. The van der Waals surface area contributed by atoms with Crippen molar-refractivity contribution in [3.8, 4) is 17.3 Å². The van der Waals surface area contributed by atoms with Gasteiger partial charge in [0.25, 0.3) is 5.56 Å². The lowest BCUT2D eigenvalue weighted by Crippen LogP contribution is -2.13. The lowest BCUT2D eigenvalue weighted by Gasteiger charge is -2.13. The highest BCUT2D eigenvalue weighted by Gasteiger charge is 2.14. The second-order valence-electron chi connectivity index (χ2n) is 5.47. The number of H-pyrrole nitrogens is 1. The van der Waals surface area contributed by atoms with E-state index in [4.69, 9.17) is 9.84 Å². The number of rotatable bonds is 4. The molecule has 0 fully saturated rings. The van der Waals surface area contributed by atoms with Crippen LogP contribution in [0.4, 0.5) is 0 Å². The third kappa shape index (κ3) is 2.96. The number of ether oxygens (including phenoxy) is 1. The number of carbonyl (C=O) groups is 1. The fourth-order valence-corrected chi connectivity index (χ4v) is 2.30. The Hall–Kier alpha value is -3.22. The summed E-state index contributed by atoms with van der Waals surface area (Å²) in [5.74, 6) is -0.318. The van der Waals surface area contributed by atoms with E-state index < -0.39 is 11.5 Å². The number of fused-ring (bicyclic) bond motifs is 1. The molecule has 3 rings (SSSR count). The molecule has 0 saturated carbocycles. The van der Waals surface area contributed by atoms with Crippen molar-refractivity contribution in [2.45, 2.75) is 20.0 Å². The number of aromatic carboxylic acids is 1. The second kappa shape index (κ2) is 6.11. The summed E-state index contributed by atoms with van der Waals surface area (Å²) in [6, 6.07) is 7.70. The molecule has 2 heterocycles. The minimum Gasteiger partial charge on any atom is -0.489 e. The molecule has 122 valence electrons. The van der Waals surface area contributed by atoms with Crippen LogP contribution in [0.1, 0.15) is 24.2 Å². The number of aromatic amines is 1. The normalized spacial score (nSPS) is 11.0. The third-order valence-electron chi connectivity index (χ3n) is 3.31. The Bertz CT molecular complexity index is 979. The molecule has 7 nitrogen and oxygen atoms in total. The van der Waals surface area contributed by atoms with Crippen LogP contribution in [0.5, 0.6) is 5.75 Å². The van der Waals surface area contributed by atoms with E-state index in [1.807, 2.05) is 13.8 Å². The molecular weight excluding hydrogens is 310 g/mol. The fourth-order valence-electron chi connectivity index (χ4n) is 2.30. The number of aromatic nitrogens is 3. The Morgan fingerprint density at radius 2 is 2.08 bits per heavy atom. The quantitative estimate of drug-likeness (QED) is 0.763. The van der Waals surface area contributed by atoms with Crippen LogP contribution < -0.4 is 10.3 Å². The Balaban J connectivity index is 2.17. The van der Waals surface area contributed by atoms with E-state index in [2.05, 4.69) is 15.0 Å². The summed E-state index contributed by atoms with van der Waals surface area (Å²) >= 11 is 0. The molecule has 3 aromatic rings. The molecule has 2 N–H and O–H groups in total. The van der Waals surface area contributed by atoms with Gasteiger partial charge in [-0.1, -0.05) is 0 Å². The second-order valence-corrected chi connectivity index (χ2v) is 5.47. The molecule has 0 unspecified atom stereocenters. The molecule has 0 aliphatic heterocycles. The van der Waals surface area contributed by atoms with Gasteiger partial charge in [-0.15, -0.1) is 0 Å². The lowest BCUT2D eigenvalue weighted by atomic mass is 10.1. The molecular formula is C17H15N3O4. The van der Waals surface area contributed by atoms with Gasteiger partial charge in [0, 0.05) is 6.20 Å². The first-order valence-corrected chi connectivity index (χ1v) is 7.35. The van der Waals surface area contributed by atoms with E-state index in [1.165, 1.54) is 18.2 Å². The molecule has 0 aliphatic carbocycles. The molecule has 0 radical (unpaired) electrons. The topological polar surface area (TPSA) is 105 Å². The number of carboxylic acids is 1. The molecule has 0 atom stereocenters. The van der Waals surface area contributed by atoms with Gasteiger partial charge in [0.1, 0.15) is 11.4 Å². The average molecular weight is 325 g/mol. The highest BCUT2D eigenvalue weighted by atomic mass is 16.5. The maximum absolute atomic E-state index is 12.3. The van der Waals surface area contributed by atoms with E-state index in [-0.39, 0.29) is 22.9 Å². The standard InChI is InChI=1S/C17H15N3O4/c1-9(2)24-13-4-3-7-18-14(13)15-19-12-6-5-10(17(22)23)8-11(12)16(21)20-15/h3-9H,1-2H3,(H,22,23)(H,19,20,21). The summed E-state index contributed by atoms with van der Waals surface area (Å²) in [6.45, 7) is 3.78. The molecule has 0 amide bonds. The monoisotopic (exact) mass is 325 g/mol. The lowest BCUT2D eigenvalue weighted by molar-refractivity contribution is 0.0697. The summed E-state index contributed by atoms with van der Waals surface area (Å²) in [7, 11) is 0. The van der Waals surface area contributed by atoms with Crippen LogP contribution in [0.15, 0.2) is 41.3 Å². The number of carboxylic acid groups (broad SMARTS) is 1. The minimum absolute atomic E-state index is 0.0317. The van der Waals surface area contributed by atoms with E-state index in [0.29, 0.717) is 17.0 Å². The van der Waals surface area contributed by atoms with Gasteiger partial charge < -0.3 is 14.8 Å². The number of pyridine rings is 1. The van der Waals surface area contributed by atoms with Crippen LogP contribution in [-0.2, 0) is 0 Å². The first kappa shape index (κ1) is 15.7. The van der Waals surface area contributed by atoms with E-state index in [1.54, 1.807) is 18.3 Å². The summed E-state index contributed by atoms with van der Waals surface area (Å²) < 4.78 is 5.70. The van der Waals surface area contributed by atoms with Crippen molar-refractivity contribution in [3.63, 3.8) is 0 Å². The van der Waals surface area contributed by atoms with Gasteiger partial charge in [-0.3, -0.25) is 4.79 Å². The van der Waals surface area contributed by atoms with Crippen molar-refractivity contribution < 1.29 is 14.6 Å². The molecule has 0 aliphatic rings. The van der Waals surface area contributed by atoms with Crippen molar-refractivity contribution in [1.29, 1.82) is 0 Å². The van der Waals surface area contributed by atoms with Gasteiger partial charge in [0.15, 0.2) is 5.82 Å². The van der Waals surface area contributed by atoms with Crippen molar-refractivity contribution in [2.24, 2.45) is 0 Å². The Kier molecular flexibility index (Phi) is 3.99. The summed E-state index contributed by atoms with van der Waals surface area (Å²) in [4.78, 5) is 34.6. The number of hydrogen-bond acceptors (Lipinski definition) is 5. The smallest absolute Gasteiger partial charge is 0.335 e. The number of nitrogens with one attached hydrogen (secondary N) is 1. The maximum atomic E-state index is 12.3. The van der Waals surface area contributed by atoms with Crippen LogP contribution in [0.3, 0.4) is 0 Å². The SMILES string of the molecule is CC(C)Oc1cccnc1-c1nc2ccc(C(=O)O)cc2c(=O)[nH]1. The number of nitrogens with zero attached hydrogens (tertiary/aromatic N) is 2. The zero-order chi connectivity index (χ0) is 17.3. The maximum Gasteiger partial charge on any atom is 0.335 e. The van der Waals surface area contributed by atoms with Crippen molar-refractivity contribution in [1.82, 2.24) is 15.0 Å². The van der Waals surface area contributed by atoms with Gasteiger partial charge >= 0.3 is 5.97 Å². The largest absolute Gasteiger partial charge is 0.489 e. The Labute approximate surface area is 137 Å². The van der Waals surface area contributed by atoms with Gasteiger partial charge in [0.2, 0.25) is 0 Å². The number of benzene rings is 1. The van der Waals surface area contributed by atoms with Gasteiger partial charge in [-0.05, 0) is 44.2 Å². The number of hydrogen-bond donors (Lipinski definition) is 2. The molecule has 2 aromatic heterocycles. The highest BCUT2D eigenvalue weighted by Crippen LogP contribution is 2.26. The van der Waals surface area contributed by atoms with Crippen molar-refractivity contribution in [3.05, 3.63) is 52.4 Å². The highest BCUT2D eigenvalue weighted by molar-refractivity contribution is 5.93. The van der Waals surface area contributed by atoms with E-state index >= 15 is 0 Å². The van der Waals surface area contributed by atoms with Crippen LogP contribution >= 0.6 is 0 Å². The predicted molar refractivity (Wildman–Crippen MR) is 88.3 cm³/mol. The minimum atomic E-state index is -1.10. The fraction of sp³-hybridized carbons (Fsp3) is 0.176. The van der Waals surface area contributed by atoms with Crippen LogP contribution in [0, 0.1) is 0 Å². The van der Waals surface area contributed by atoms with Crippen LogP contribution in [0.2, 0.25) is 0 Å². The first-order chi connectivity index (χ1) is 11.5. The molecule has 0 spiro atoms. The molecule has 1 aromatic carbocycles. The molecule has 24 heavy (non-hydrogen) atoms. The summed E-state index contributed by atoms with van der Waals surface area (Å²) in [6.07, 6.45) is 1.53. The zero-order valence-electron chi connectivity index (χ0n) is 13.1. The average Bonchev–Trinajstić information content (AvgIpc) is 2.54. The van der Waals surface area contributed by atoms with E-state index in [9.17, 15) is 9.59 Å². The Morgan fingerprint density at radius 3 is 2.79 bits per heavy atom. The first-order valence-electron chi connectivity index (χ1n) is 7.35. The zero-order valence-corrected chi connectivity index (χ0v) is 13.1. The Morgan fingerprint density at radius 1 is 1.29 bits per heavy atom. The van der Waals surface area contributed by atoms with Crippen molar-refractivity contribution >= 4 is 16.9 Å². The summed E-state index contributed by atoms with van der Waals surface area (Å²) in [5.41, 5.74) is 0.413. The molecule has 0 saturated heterocycles. The van der Waals surface area contributed by atoms with Crippen molar-refractivity contribution in [2.75, 3.05) is 0 Å². The molecule has 0 bridgehead atoms. The van der Waals surface area contributed by atoms with Crippen LogP contribution in [-0.4, -0.2) is 32.1 Å². The molecule has 7 heteroatoms. The predicted octanol–water partition coefficient (Wildman–Crippen LogP) is 2.47. The van der Waals surface area contributed by atoms with Gasteiger partial charge in [-0.25, -0.2) is 14.8 Å². The van der Waals surface area contributed by atoms with E-state index in [0.717, 1.165) is 0 Å². The van der Waals surface area contributed by atoms with Crippen LogP contribution in [0.25, 0.3) is 22.4 Å². The summed E-state index contributed by atoms with van der Waals surface area (Å²) in [5, 5.41) is 9.24. The van der Waals surface area contributed by atoms with Gasteiger partial charge in [-0.2, -0.15) is 0 Å².